The molecule has 212 valence electrons. The SMILES string of the molecule is COc1ccc(/C=C/C(=O)c2ccc(OC)cc2)cc1.COc1ccc(C(C)=O)cc1.COc1ccc(C=O)cc1. The number of rotatable bonds is 9. The third-order valence-corrected chi connectivity index (χ3v) is 5.67. The largest absolute Gasteiger partial charge is 0.497 e. The van der Waals surface area contributed by atoms with Crippen LogP contribution in [0.15, 0.2) is 103 Å². The highest BCUT2D eigenvalue weighted by Crippen LogP contribution is 2.15. The van der Waals surface area contributed by atoms with Crippen LogP contribution in [0.1, 0.15) is 43.6 Å². The predicted octanol–water partition coefficient (Wildman–Crippen LogP) is 7.01. The fraction of sp³-hybridized carbons (Fsp3) is 0.147. The third-order valence-electron chi connectivity index (χ3n) is 5.67. The van der Waals surface area contributed by atoms with Crippen LogP contribution in [0.5, 0.6) is 23.0 Å². The van der Waals surface area contributed by atoms with E-state index >= 15 is 0 Å². The van der Waals surface area contributed by atoms with Gasteiger partial charge in [0.25, 0.3) is 0 Å². The lowest BCUT2D eigenvalue weighted by atomic mass is 10.1. The minimum atomic E-state index is -0.0385. The summed E-state index contributed by atoms with van der Waals surface area (Å²) in [5.41, 5.74) is 2.97. The Morgan fingerprint density at radius 2 is 0.854 bits per heavy atom. The maximum atomic E-state index is 12.0. The fourth-order valence-corrected chi connectivity index (χ4v) is 3.25. The minimum absolute atomic E-state index is 0.0385. The van der Waals surface area contributed by atoms with E-state index in [0.29, 0.717) is 16.7 Å². The van der Waals surface area contributed by atoms with Gasteiger partial charge in [-0.25, -0.2) is 0 Å². The third kappa shape index (κ3) is 11.2. The average molecular weight is 555 g/mol. The van der Waals surface area contributed by atoms with Crippen molar-refractivity contribution in [1.29, 1.82) is 0 Å². The van der Waals surface area contributed by atoms with Crippen molar-refractivity contribution < 1.29 is 33.3 Å². The molecule has 0 fully saturated rings. The van der Waals surface area contributed by atoms with Crippen LogP contribution in [0, 0.1) is 0 Å². The molecule has 4 rings (SSSR count). The van der Waals surface area contributed by atoms with Gasteiger partial charge in [-0.05, 0) is 103 Å². The molecule has 41 heavy (non-hydrogen) atoms. The van der Waals surface area contributed by atoms with Crippen LogP contribution in [-0.4, -0.2) is 46.3 Å². The fourth-order valence-electron chi connectivity index (χ4n) is 3.25. The Kier molecular flexibility index (Phi) is 13.6. The Hall–Kier alpha value is -5.17. The van der Waals surface area contributed by atoms with Crippen molar-refractivity contribution in [2.75, 3.05) is 28.4 Å². The zero-order valence-corrected chi connectivity index (χ0v) is 23.8. The second-order valence-electron chi connectivity index (χ2n) is 8.37. The maximum Gasteiger partial charge on any atom is 0.185 e. The van der Waals surface area contributed by atoms with Crippen molar-refractivity contribution in [3.8, 4) is 23.0 Å². The highest BCUT2D eigenvalue weighted by Gasteiger charge is 2.02. The molecular formula is C34H34O7. The quantitative estimate of drug-likeness (QED) is 0.125. The van der Waals surface area contributed by atoms with E-state index < -0.39 is 0 Å². The Morgan fingerprint density at radius 3 is 1.20 bits per heavy atom. The number of ketones is 2. The zero-order valence-electron chi connectivity index (χ0n) is 23.8. The Labute approximate surface area is 241 Å². The Bertz CT molecular complexity index is 1390. The lowest BCUT2D eigenvalue weighted by Gasteiger charge is -2.01. The van der Waals surface area contributed by atoms with Gasteiger partial charge >= 0.3 is 0 Å². The summed E-state index contributed by atoms with van der Waals surface area (Å²) in [5, 5.41) is 0. The van der Waals surface area contributed by atoms with E-state index in [-0.39, 0.29) is 11.6 Å². The van der Waals surface area contributed by atoms with Crippen molar-refractivity contribution in [2.24, 2.45) is 0 Å². The molecule has 0 aliphatic heterocycles. The molecule has 7 heteroatoms. The molecule has 0 atom stereocenters. The van der Waals surface area contributed by atoms with Crippen molar-refractivity contribution in [3.63, 3.8) is 0 Å². The first-order valence-electron chi connectivity index (χ1n) is 12.6. The number of hydrogen-bond donors (Lipinski definition) is 0. The number of benzene rings is 4. The number of Topliss-reactive ketones (excluding diaryl/α,β-unsaturated/α-hetero) is 1. The summed E-state index contributed by atoms with van der Waals surface area (Å²) in [5.74, 6) is 3.11. The lowest BCUT2D eigenvalue weighted by Crippen LogP contribution is -1.94. The van der Waals surface area contributed by atoms with Crippen LogP contribution < -0.4 is 18.9 Å². The summed E-state index contributed by atoms with van der Waals surface area (Å²) in [6.07, 6.45) is 4.15. The van der Waals surface area contributed by atoms with Crippen LogP contribution in [0.25, 0.3) is 6.08 Å². The lowest BCUT2D eigenvalue weighted by molar-refractivity contribution is 0.101. The number of carbonyl (C=O) groups is 3. The topological polar surface area (TPSA) is 88.1 Å². The van der Waals surface area contributed by atoms with Gasteiger partial charge in [0.05, 0.1) is 28.4 Å². The van der Waals surface area contributed by atoms with Gasteiger partial charge in [0.2, 0.25) is 0 Å². The van der Waals surface area contributed by atoms with E-state index in [4.69, 9.17) is 18.9 Å². The van der Waals surface area contributed by atoms with Gasteiger partial charge in [0.15, 0.2) is 11.6 Å². The number of ether oxygens (including phenoxy) is 4. The van der Waals surface area contributed by atoms with Crippen molar-refractivity contribution in [1.82, 2.24) is 0 Å². The summed E-state index contributed by atoms with van der Waals surface area (Å²) in [6, 6.07) is 28.5. The van der Waals surface area contributed by atoms with Gasteiger partial charge in [-0.1, -0.05) is 18.2 Å². The highest BCUT2D eigenvalue weighted by molar-refractivity contribution is 6.06. The molecule has 0 saturated heterocycles. The van der Waals surface area contributed by atoms with Gasteiger partial charge in [0.1, 0.15) is 29.3 Å². The summed E-state index contributed by atoms with van der Waals surface area (Å²) < 4.78 is 20.0. The molecule has 0 aliphatic rings. The number of carbonyl (C=O) groups excluding carboxylic acids is 3. The highest BCUT2D eigenvalue weighted by atomic mass is 16.5. The smallest absolute Gasteiger partial charge is 0.185 e. The van der Waals surface area contributed by atoms with Gasteiger partial charge in [-0.3, -0.25) is 14.4 Å². The molecule has 0 saturated carbocycles. The van der Waals surface area contributed by atoms with Crippen LogP contribution in [0.4, 0.5) is 0 Å². The van der Waals surface area contributed by atoms with Crippen LogP contribution in [0.3, 0.4) is 0 Å². The number of methoxy groups -OCH3 is 4. The maximum absolute atomic E-state index is 12.0. The minimum Gasteiger partial charge on any atom is -0.497 e. The summed E-state index contributed by atoms with van der Waals surface area (Å²) in [6.45, 7) is 1.54. The van der Waals surface area contributed by atoms with E-state index in [1.165, 1.54) is 0 Å². The zero-order chi connectivity index (χ0) is 30.0. The first kappa shape index (κ1) is 32.0. The second kappa shape index (κ2) is 17.4. The van der Waals surface area contributed by atoms with E-state index in [1.807, 2.05) is 24.3 Å². The molecule has 4 aromatic carbocycles. The molecule has 0 spiro atoms. The van der Waals surface area contributed by atoms with E-state index in [9.17, 15) is 14.4 Å². The average Bonchev–Trinajstić information content (AvgIpc) is 3.04. The van der Waals surface area contributed by atoms with Gasteiger partial charge in [0, 0.05) is 16.7 Å². The molecule has 4 aromatic rings. The molecule has 7 nitrogen and oxygen atoms in total. The van der Waals surface area contributed by atoms with Gasteiger partial charge in [-0.2, -0.15) is 0 Å². The van der Waals surface area contributed by atoms with Crippen molar-refractivity contribution >= 4 is 23.9 Å². The summed E-state index contributed by atoms with van der Waals surface area (Å²) in [7, 11) is 6.41. The predicted molar refractivity (Wildman–Crippen MR) is 161 cm³/mol. The Balaban J connectivity index is 0.000000236. The molecule has 0 N–H and O–H groups in total. The number of hydrogen-bond acceptors (Lipinski definition) is 7. The Morgan fingerprint density at radius 1 is 0.512 bits per heavy atom. The molecule has 0 heterocycles. The van der Waals surface area contributed by atoms with Crippen molar-refractivity contribution in [3.05, 3.63) is 125 Å². The van der Waals surface area contributed by atoms with Crippen LogP contribution in [-0.2, 0) is 0 Å². The molecule has 0 bridgehead atoms. The van der Waals surface area contributed by atoms with E-state index in [2.05, 4.69) is 0 Å². The molecule has 0 radical (unpaired) electrons. The number of allylic oxidation sites excluding steroid dienone is 1. The normalized spacial score (nSPS) is 9.78. The van der Waals surface area contributed by atoms with Crippen LogP contribution in [0.2, 0.25) is 0 Å². The number of aldehydes is 1. The molecule has 0 aliphatic carbocycles. The molecule has 0 aromatic heterocycles. The van der Waals surface area contributed by atoms with Gasteiger partial charge in [-0.15, -0.1) is 0 Å². The molecular weight excluding hydrogens is 520 g/mol. The van der Waals surface area contributed by atoms with E-state index in [0.717, 1.165) is 34.8 Å². The van der Waals surface area contributed by atoms with Gasteiger partial charge < -0.3 is 18.9 Å². The van der Waals surface area contributed by atoms with Crippen LogP contribution >= 0.6 is 0 Å². The molecule has 0 unspecified atom stereocenters. The summed E-state index contributed by atoms with van der Waals surface area (Å²) >= 11 is 0. The monoisotopic (exact) mass is 554 g/mol. The molecule has 0 amide bonds. The van der Waals surface area contributed by atoms with Crippen molar-refractivity contribution in [2.45, 2.75) is 6.92 Å². The second-order valence-corrected chi connectivity index (χ2v) is 8.37. The first-order valence-corrected chi connectivity index (χ1v) is 12.6. The standard InChI is InChI=1S/C17H16O3.C9H10O2.C8H8O2/c1-19-15-8-3-13(4-9-15)5-12-17(18)14-6-10-16(20-2)11-7-14;1-7(10)8-3-5-9(11-2)6-4-8;1-10-8-4-2-7(6-9)3-5-8/h3-12H,1-2H3;3-6H,1-2H3;2-6H,1H3/b12-5+;;. The van der Waals surface area contributed by atoms with E-state index in [1.54, 1.807) is 120 Å². The summed E-state index contributed by atoms with van der Waals surface area (Å²) in [4.78, 5) is 33.0. The first-order chi connectivity index (χ1) is 19.8.